The van der Waals surface area contributed by atoms with E-state index in [0.717, 1.165) is 19.6 Å². The standard InChI is InChI=1S/C14H25F3N2.ClH/c1-13(2)10-19(7-5-12(13)14(15,16)17)9-11-4-3-6-18-8-11;/h11-12,18H,3-10H2,1-2H3;1H. The zero-order valence-corrected chi connectivity index (χ0v) is 13.1. The summed E-state index contributed by atoms with van der Waals surface area (Å²) in [5, 5.41) is 3.37. The van der Waals surface area contributed by atoms with E-state index in [-0.39, 0.29) is 18.8 Å². The maximum atomic E-state index is 13.0. The first-order valence-corrected chi connectivity index (χ1v) is 7.29. The number of likely N-dealkylation sites (tertiary alicyclic amines) is 1. The SMILES string of the molecule is CC1(C)CN(CC2CCCNC2)CCC1C(F)(F)F.Cl. The summed E-state index contributed by atoms with van der Waals surface area (Å²) >= 11 is 0. The van der Waals surface area contributed by atoms with Gasteiger partial charge in [0.25, 0.3) is 0 Å². The number of nitrogens with one attached hydrogen (secondary N) is 1. The monoisotopic (exact) mass is 314 g/mol. The van der Waals surface area contributed by atoms with Gasteiger partial charge in [-0.1, -0.05) is 13.8 Å². The van der Waals surface area contributed by atoms with Gasteiger partial charge in [-0.2, -0.15) is 13.2 Å². The molecule has 0 aliphatic carbocycles. The maximum Gasteiger partial charge on any atom is 0.392 e. The highest BCUT2D eigenvalue weighted by Gasteiger charge is 2.51. The number of alkyl halides is 3. The van der Waals surface area contributed by atoms with Crippen LogP contribution < -0.4 is 5.32 Å². The number of hydrogen-bond donors (Lipinski definition) is 1. The minimum Gasteiger partial charge on any atom is -0.316 e. The molecule has 2 heterocycles. The normalized spacial score (nSPS) is 31.6. The van der Waals surface area contributed by atoms with E-state index in [2.05, 4.69) is 10.2 Å². The van der Waals surface area contributed by atoms with Gasteiger partial charge in [0.2, 0.25) is 0 Å². The number of rotatable bonds is 2. The van der Waals surface area contributed by atoms with Crippen LogP contribution in [0.15, 0.2) is 0 Å². The van der Waals surface area contributed by atoms with Crippen molar-refractivity contribution in [1.29, 1.82) is 0 Å². The molecule has 0 aromatic heterocycles. The van der Waals surface area contributed by atoms with Crippen molar-refractivity contribution in [3.63, 3.8) is 0 Å². The highest BCUT2D eigenvalue weighted by molar-refractivity contribution is 5.85. The van der Waals surface area contributed by atoms with Crippen molar-refractivity contribution in [3.05, 3.63) is 0 Å². The molecule has 2 aliphatic rings. The molecular formula is C14H26ClF3N2. The third-order valence-electron chi connectivity index (χ3n) is 4.62. The van der Waals surface area contributed by atoms with Crippen molar-refractivity contribution in [2.75, 3.05) is 32.7 Å². The predicted molar refractivity (Wildman–Crippen MR) is 77.2 cm³/mol. The maximum absolute atomic E-state index is 13.0. The Kier molecular flexibility index (Phi) is 6.17. The second-order valence-electron chi connectivity index (χ2n) is 6.82. The van der Waals surface area contributed by atoms with Gasteiger partial charge in [-0.15, -0.1) is 12.4 Å². The molecule has 0 bridgehead atoms. The minimum absolute atomic E-state index is 0. The number of hydrogen-bond acceptors (Lipinski definition) is 2. The van der Waals surface area contributed by atoms with Crippen LogP contribution in [0, 0.1) is 17.3 Å². The van der Waals surface area contributed by atoms with Crippen molar-refractivity contribution in [2.24, 2.45) is 17.3 Å². The summed E-state index contributed by atoms with van der Waals surface area (Å²) < 4.78 is 39.0. The Morgan fingerprint density at radius 1 is 1.25 bits per heavy atom. The molecule has 0 aromatic carbocycles. The van der Waals surface area contributed by atoms with Gasteiger partial charge in [-0.05, 0) is 50.2 Å². The molecule has 20 heavy (non-hydrogen) atoms. The average Bonchev–Trinajstić information content (AvgIpc) is 2.27. The van der Waals surface area contributed by atoms with Gasteiger partial charge in [0.05, 0.1) is 5.92 Å². The molecule has 2 atom stereocenters. The molecule has 2 fully saturated rings. The largest absolute Gasteiger partial charge is 0.392 e. The third-order valence-corrected chi connectivity index (χ3v) is 4.62. The van der Waals surface area contributed by atoms with E-state index in [0.29, 0.717) is 19.0 Å². The Balaban J connectivity index is 0.00000200. The molecule has 6 heteroatoms. The molecule has 0 saturated carbocycles. The summed E-state index contributed by atoms with van der Waals surface area (Å²) in [6.45, 7) is 7.71. The van der Waals surface area contributed by atoms with Crippen molar-refractivity contribution in [3.8, 4) is 0 Å². The van der Waals surface area contributed by atoms with Crippen molar-refractivity contribution < 1.29 is 13.2 Å². The highest BCUT2D eigenvalue weighted by Crippen LogP contribution is 2.45. The number of nitrogens with zero attached hydrogens (tertiary/aromatic N) is 1. The molecule has 1 N–H and O–H groups in total. The lowest BCUT2D eigenvalue weighted by atomic mass is 9.73. The molecule has 2 rings (SSSR count). The zero-order valence-electron chi connectivity index (χ0n) is 12.3. The molecular weight excluding hydrogens is 289 g/mol. The van der Waals surface area contributed by atoms with Crippen LogP contribution in [0.2, 0.25) is 0 Å². The highest BCUT2D eigenvalue weighted by atomic mass is 35.5. The van der Waals surface area contributed by atoms with Gasteiger partial charge in [0.1, 0.15) is 0 Å². The van der Waals surface area contributed by atoms with Crippen LogP contribution >= 0.6 is 12.4 Å². The van der Waals surface area contributed by atoms with Crippen molar-refractivity contribution >= 4 is 12.4 Å². The summed E-state index contributed by atoms with van der Waals surface area (Å²) in [4.78, 5) is 2.24. The van der Waals surface area contributed by atoms with Gasteiger partial charge >= 0.3 is 6.18 Å². The first-order valence-electron chi connectivity index (χ1n) is 7.29. The second-order valence-corrected chi connectivity index (χ2v) is 6.82. The Morgan fingerprint density at radius 2 is 1.95 bits per heavy atom. The molecule has 120 valence electrons. The van der Waals surface area contributed by atoms with E-state index < -0.39 is 17.5 Å². The van der Waals surface area contributed by atoms with Crippen molar-refractivity contribution in [2.45, 2.75) is 39.3 Å². The van der Waals surface area contributed by atoms with E-state index in [1.807, 2.05) is 0 Å². The van der Waals surface area contributed by atoms with Crippen LogP contribution in [-0.2, 0) is 0 Å². The Morgan fingerprint density at radius 3 is 2.45 bits per heavy atom. The lowest BCUT2D eigenvalue weighted by Crippen LogP contribution is -2.52. The summed E-state index contributed by atoms with van der Waals surface area (Å²) in [5.74, 6) is -0.548. The Bertz CT molecular complexity index is 301. The van der Waals surface area contributed by atoms with E-state index in [1.54, 1.807) is 13.8 Å². The van der Waals surface area contributed by atoms with Crippen LogP contribution in [-0.4, -0.2) is 43.8 Å². The quantitative estimate of drug-likeness (QED) is 0.841. The predicted octanol–water partition coefficient (Wildman–Crippen LogP) is 3.32. The van der Waals surface area contributed by atoms with Crippen LogP contribution in [0.4, 0.5) is 13.2 Å². The lowest BCUT2D eigenvalue weighted by Gasteiger charge is -2.46. The van der Waals surface area contributed by atoms with Crippen LogP contribution in [0.1, 0.15) is 33.1 Å². The molecule has 0 amide bonds. The average molecular weight is 315 g/mol. The summed E-state index contributed by atoms with van der Waals surface area (Å²) in [6, 6.07) is 0. The topological polar surface area (TPSA) is 15.3 Å². The molecule has 0 aromatic rings. The fourth-order valence-electron chi connectivity index (χ4n) is 3.68. The van der Waals surface area contributed by atoms with Crippen molar-refractivity contribution in [1.82, 2.24) is 10.2 Å². The second kappa shape index (κ2) is 6.84. The van der Waals surface area contributed by atoms with Gasteiger partial charge in [-0.25, -0.2) is 0 Å². The molecule has 0 radical (unpaired) electrons. The zero-order chi connectivity index (χ0) is 14.1. The van der Waals surface area contributed by atoms with E-state index >= 15 is 0 Å². The molecule has 0 spiro atoms. The summed E-state index contributed by atoms with van der Waals surface area (Å²) in [5.41, 5.74) is -0.668. The first-order chi connectivity index (χ1) is 8.79. The minimum atomic E-state index is -4.05. The fourth-order valence-corrected chi connectivity index (χ4v) is 3.68. The molecule has 2 unspecified atom stereocenters. The van der Waals surface area contributed by atoms with Crippen LogP contribution in [0.25, 0.3) is 0 Å². The van der Waals surface area contributed by atoms with Gasteiger partial charge in [0.15, 0.2) is 0 Å². The number of piperidine rings is 2. The molecule has 2 nitrogen and oxygen atoms in total. The number of halogens is 4. The molecule has 2 aliphatic heterocycles. The van der Waals surface area contributed by atoms with E-state index in [1.165, 1.54) is 12.8 Å². The van der Waals surface area contributed by atoms with Gasteiger partial charge < -0.3 is 10.2 Å². The van der Waals surface area contributed by atoms with E-state index in [4.69, 9.17) is 0 Å². The third kappa shape index (κ3) is 4.50. The van der Waals surface area contributed by atoms with Gasteiger partial charge in [-0.3, -0.25) is 0 Å². The Labute approximate surface area is 125 Å². The smallest absolute Gasteiger partial charge is 0.316 e. The fraction of sp³-hybridized carbons (Fsp3) is 1.00. The van der Waals surface area contributed by atoms with E-state index in [9.17, 15) is 13.2 Å². The lowest BCUT2D eigenvalue weighted by molar-refractivity contribution is -0.217. The Hall–Kier alpha value is -0.0000000000000000555. The summed E-state index contributed by atoms with van der Waals surface area (Å²) in [7, 11) is 0. The first kappa shape index (κ1) is 18.1. The molecule has 2 saturated heterocycles. The summed E-state index contributed by atoms with van der Waals surface area (Å²) in [6.07, 6.45) is -1.42. The van der Waals surface area contributed by atoms with Crippen LogP contribution in [0.3, 0.4) is 0 Å². The van der Waals surface area contributed by atoms with Gasteiger partial charge in [0, 0.05) is 13.1 Å². The van der Waals surface area contributed by atoms with Crippen LogP contribution in [0.5, 0.6) is 0 Å².